The van der Waals surface area contributed by atoms with Crippen molar-refractivity contribution in [2.24, 2.45) is 5.92 Å². The highest BCUT2D eigenvalue weighted by Crippen LogP contribution is 2.38. The van der Waals surface area contributed by atoms with Crippen molar-refractivity contribution in [3.05, 3.63) is 107 Å². The van der Waals surface area contributed by atoms with E-state index in [0.717, 1.165) is 37.1 Å². The van der Waals surface area contributed by atoms with Crippen LogP contribution in [0.1, 0.15) is 41.4 Å². The van der Waals surface area contributed by atoms with Crippen LogP contribution in [0, 0.1) is 23.4 Å². The van der Waals surface area contributed by atoms with E-state index < -0.39 is 53.3 Å². The molecule has 0 aromatic heterocycles. The third-order valence-electron chi connectivity index (χ3n) is 6.48. The molecule has 0 aliphatic carbocycles. The van der Waals surface area contributed by atoms with Gasteiger partial charge in [-0.2, -0.15) is 8.78 Å². The highest BCUT2D eigenvalue weighted by Gasteiger charge is 2.42. The zero-order valence-corrected chi connectivity index (χ0v) is 22.0. The van der Waals surface area contributed by atoms with Crippen LogP contribution in [-0.2, 0) is 28.4 Å². The largest absolute Gasteiger partial charge is 0.573 e. The molecule has 0 spiro atoms. The second-order valence-corrected chi connectivity index (χ2v) is 9.65. The van der Waals surface area contributed by atoms with Gasteiger partial charge in [0.1, 0.15) is 34.5 Å². The third-order valence-corrected chi connectivity index (χ3v) is 6.48. The van der Waals surface area contributed by atoms with Crippen LogP contribution < -0.4 is 9.47 Å². The number of allylic oxidation sites excluding steroid dienone is 1. The molecule has 0 amide bonds. The van der Waals surface area contributed by atoms with E-state index >= 15 is 0 Å². The van der Waals surface area contributed by atoms with E-state index in [4.69, 9.17) is 9.47 Å². The van der Waals surface area contributed by atoms with E-state index in [2.05, 4.69) is 16.1 Å². The molecule has 1 heterocycles. The van der Waals surface area contributed by atoms with Gasteiger partial charge in [-0.15, -0.1) is 19.8 Å². The van der Waals surface area contributed by atoms with Gasteiger partial charge in [-0.25, -0.2) is 13.2 Å². The summed E-state index contributed by atoms with van der Waals surface area (Å²) in [5.74, 6) is -5.14. The highest BCUT2D eigenvalue weighted by molar-refractivity contribution is 5.34. The molecule has 4 rings (SSSR count). The average Bonchev–Trinajstić information content (AvgIpc) is 2.91. The molecule has 3 aromatic carbocycles. The minimum atomic E-state index is -4.83. The van der Waals surface area contributed by atoms with Gasteiger partial charge in [0.2, 0.25) is 0 Å². The SMILES string of the molecule is C=CCCC1COC(c2cc(F)c(C(F)(F)Oc3ccc(CCc4ccc(OC(F)(F)F)cc4)c(F)c3)c(F)c2)OC1. The van der Waals surface area contributed by atoms with E-state index in [-0.39, 0.29) is 43.1 Å². The van der Waals surface area contributed by atoms with Crippen LogP contribution in [0.15, 0.2) is 67.3 Å². The lowest BCUT2D eigenvalue weighted by Gasteiger charge is -2.30. The number of hydrogen-bond donors (Lipinski definition) is 0. The van der Waals surface area contributed by atoms with E-state index in [9.17, 15) is 35.1 Å². The lowest BCUT2D eigenvalue weighted by Crippen LogP contribution is -2.28. The van der Waals surface area contributed by atoms with Crippen molar-refractivity contribution in [1.29, 1.82) is 0 Å². The Balaban J connectivity index is 1.39. The molecule has 0 unspecified atom stereocenters. The van der Waals surface area contributed by atoms with Gasteiger partial charge >= 0.3 is 12.5 Å². The van der Waals surface area contributed by atoms with E-state index in [1.807, 2.05) is 0 Å². The monoisotopic (exact) mass is 602 g/mol. The Bertz CT molecular complexity index is 1340. The predicted molar refractivity (Wildman–Crippen MR) is 135 cm³/mol. The van der Waals surface area contributed by atoms with Gasteiger partial charge in [0, 0.05) is 17.5 Å². The number of hydrogen-bond acceptors (Lipinski definition) is 4. The Morgan fingerprint density at radius 1 is 0.786 bits per heavy atom. The lowest BCUT2D eigenvalue weighted by atomic mass is 10.0. The first-order valence-corrected chi connectivity index (χ1v) is 12.9. The Morgan fingerprint density at radius 2 is 1.40 bits per heavy atom. The molecule has 0 saturated carbocycles. The van der Waals surface area contributed by atoms with Crippen molar-refractivity contribution in [3.8, 4) is 11.5 Å². The Labute approximate surface area is 236 Å². The van der Waals surface area contributed by atoms with Gasteiger partial charge in [-0.3, -0.25) is 0 Å². The topological polar surface area (TPSA) is 36.9 Å². The maximum atomic E-state index is 14.9. The molecule has 0 atom stereocenters. The highest BCUT2D eigenvalue weighted by atomic mass is 19.4. The summed E-state index contributed by atoms with van der Waals surface area (Å²) < 4.78 is 130. The number of aryl methyl sites for hydroxylation is 2. The molecule has 12 heteroatoms. The minimum absolute atomic E-state index is 0.0611. The summed E-state index contributed by atoms with van der Waals surface area (Å²) in [5.41, 5.74) is -1.11. The smallest absolute Gasteiger partial charge is 0.429 e. The number of halogens is 8. The van der Waals surface area contributed by atoms with Crippen LogP contribution in [0.2, 0.25) is 0 Å². The van der Waals surface area contributed by atoms with Gasteiger partial charge in [-0.1, -0.05) is 24.3 Å². The fraction of sp³-hybridized carbons (Fsp3) is 0.333. The van der Waals surface area contributed by atoms with Crippen LogP contribution >= 0.6 is 0 Å². The summed E-state index contributed by atoms with van der Waals surface area (Å²) in [6, 6.07) is 9.16. The van der Waals surface area contributed by atoms with Gasteiger partial charge in [-0.05, 0) is 67.1 Å². The van der Waals surface area contributed by atoms with Crippen molar-refractivity contribution in [2.75, 3.05) is 13.2 Å². The molecule has 226 valence electrons. The van der Waals surface area contributed by atoms with Crippen molar-refractivity contribution >= 4 is 0 Å². The second kappa shape index (κ2) is 13.1. The molecule has 0 radical (unpaired) electrons. The summed E-state index contributed by atoms with van der Waals surface area (Å²) in [5, 5.41) is 0. The fourth-order valence-electron chi connectivity index (χ4n) is 4.39. The summed E-state index contributed by atoms with van der Waals surface area (Å²) >= 11 is 0. The quantitative estimate of drug-likeness (QED) is 0.163. The Kier molecular flexibility index (Phi) is 9.78. The van der Waals surface area contributed by atoms with Crippen molar-refractivity contribution in [2.45, 2.75) is 44.4 Å². The Hall–Kier alpha value is -3.64. The second-order valence-electron chi connectivity index (χ2n) is 9.65. The third kappa shape index (κ3) is 8.22. The summed E-state index contributed by atoms with van der Waals surface area (Å²) in [6.45, 7) is 4.15. The molecular formula is C30H26F8O4. The molecule has 42 heavy (non-hydrogen) atoms. The van der Waals surface area contributed by atoms with Gasteiger partial charge in [0.25, 0.3) is 0 Å². The van der Waals surface area contributed by atoms with Crippen molar-refractivity contribution in [1.82, 2.24) is 0 Å². The maximum absolute atomic E-state index is 14.9. The van der Waals surface area contributed by atoms with Gasteiger partial charge in [0.15, 0.2) is 6.29 Å². The zero-order valence-electron chi connectivity index (χ0n) is 22.0. The first-order chi connectivity index (χ1) is 19.8. The predicted octanol–water partition coefficient (Wildman–Crippen LogP) is 8.54. The Morgan fingerprint density at radius 3 is 1.98 bits per heavy atom. The fourth-order valence-corrected chi connectivity index (χ4v) is 4.39. The van der Waals surface area contributed by atoms with Gasteiger partial charge < -0.3 is 18.9 Å². The van der Waals surface area contributed by atoms with Crippen LogP contribution in [-0.4, -0.2) is 19.6 Å². The average molecular weight is 603 g/mol. The summed E-state index contributed by atoms with van der Waals surface area (Å²) in [6.07, 6.45) is -6.94. The molecule has 1 aliphatic rings. The standard InChI is InChI=1S/C30H26F8O4/c1-2-3-4-19-16-39-28(40-17-19)21-13-25(32)27(26(33)14-21)29(34,35)41-23-12-9-20(24(31)15-23)8-5-18-6-10-22(11-7-18)42-30(36,37)38/h2,6-7,9-15,19,28H,1,3-5,8,16-17H2. The number of alkyl halides is 5. The molecule has 0 bridgehead atoms. The summed E-state index contributed by atoms with van der Waals surface area (Å²) in [7, 11) is 0. The molecule has 0 N–H and O–H groups in total. The van der Waals surface area contributed by atoms with E-state index in [1.54, 1.807) is 6.08 Å². The molecule has 3 aromatic rings. The number of benzene rings is 3. The van der Waals surface area contributed by atoms with E-state index in [0.29, 0.717) is 23.8 Å². The molecular weight excluding hydrogens is 576 g/mol. The maximum Gasteiger partial charge on any atom is 0.573 e. The van der Waals surface area contributed by atoms with E-state index in [1.165, 1.54) is 12.1 Å². The van der Waals surface area contributed by atoms with Crippen LogP contribution in [0.4, 0.5) is 35.1 Å². The molecule has 1 fully saturated rings. The van der Waals surface area contributed by atoms with Crippen molar-refractivity contribution < 1.29 is 54.1 Å². The molecule has 4 nitrogen and oxygen atoms in total. The van der Waals surface area contributed by atoms with Crippen LogP contribution in [0.3, 0.4) is 0 Å². The van der Waals surface area contributed by atoms with Crippen LogP contribution in [0.25, 0.3) is 0 Å². The van der Waals surface area contributed by atoms with Crippen LogP contribution in [0.5, 0.6) is 11.5 Å². The molecule has 1 saturated heterocycles. The van der Waals surface area contributed by atoms with Crippen molar-refractivity contribution in [3.63, 3.8) is 0 Å². The first kappa shape index (κ1) is 31.3. The first-order valence-electron chi connectivity index (χ1n) is 12.9. The number of rotatable bonds is 11. The minimum Gasteiger partial charge on any atom is -0.429 e. The normalized spacial score (nSPS) is 17.6. The number of ether oxygens (including phenoxy) is 4. The summed E-state index contributed by atoms with van der Waals surface area (Å²) in [4.78, 5) is 0. The zero-order chi connectivity index (χ0) is 30.5. The van der Waals surface area contributed by atoms with Gasteiger partial charge in [0.05, 0.1) is 13.2 Å². The molecule has 1 aliphatic heterocycles. The lowest BCUT2D eigenvalue weighted by molar-refractivity contribution is -0.274.